The molecule has 2 N–H and O–H groups in total. The Balaban J connectivity index is 2.88. The monoisotopic (exact) mass is 404 g/mol. The van der Waals surface area contributed by atoms with Crippen LogP contribution >= 0.6 is 15.9 Å². The highest BCUT2D eigenvalue weighted by atomic mass is 79.9. The van der Waals surface area contributed by atoms with Crippen molar-refractivity contribution in [3.05, 3.63) is 32.8 Å². The molecular weight excluding hydrogens is 380 g/mol. The van der Waals surface area contributed by atoms with Gasteiger partial charge in [0.25, 0.3) is 5.69 Å². The summed E-state index contributed by atoms with van der Waals surface area (Å²) in [5.74, 6) is 0. The van der Waals surface area contributed by atoms with E-state index >= 15 is 0 Å². The lowest BCUT2D eigenvalue weighted by Crippen LogP contribution is -2.44. The molecule has 1 aromatic carbocycles. The molecule has 0 unspecified atom stereocenters. The molecule has 0 fully saturated rings. The lowest BCUT2D eigenvalue weighted by Gasteiger charge is -2.37. The minimum absolute atomic E-state index is 0.0369. The molecule has 1 atom stereocenters. The van der Waals surface area contributed by atoms with E-state index in [1.165, 1.54) is 6.07 Å². The second-order valence-electron chi connectivity index (χ2n) is 6.99. The molecule has 1 rings (SSSR count). The van der Waals surface area contributed by atoms with Crippen LogP contribution in [-0.4, -0.2) is 37.6 Å². The lowest BCUT2D eigenvalue weighted by molar-refractivity contribution is -0.384. The molecule has 0 bridgehead atoms. The number of hydrogen-bond acceptors (Lipinski definition) is 5. The zero-order valence-electron chi connectivity index (χ0n) is 14.2. The quantitative estimate of drug-likeness (QED) is 0.404. The second kappa shape index (κ2) is 7.74. The number of anilines is 1. The van der Waals surface area contributed by atoms with E-state index in [0.29, 0.717) is 16.8 Å². The van der Waals surface area contributed by atoms with Crippen molar-refractivity contribution in [2.75, 3.05) is 18.5 Å². The van der Waals surface area contributed by atoms with Crippen molar-refractivity contribution in [2.45, 2.75) is 44.9 Å². The molecule has 0 saturated heterocycles. The smallest absolute Gasteiger partial charge is 0.293 e. The van der Waals surface area contributed by atoms with Crippen molar-refractivity contribution < 1.29 is 14.5 Å². The second-order valence-corrected chi connectivity index (χ2v) is 12.6. The molecule has 6 nitrogen and oxygen atoms in total. The molecule has 8 heteroatoms. The number of aliphatic hydroxyl groups is 1. The summed E-state index contributed by atoms with van der Waals surface area (Å²) in [6.45, 7) is 10.8. The van der Waals surface area contributed by atoms with Crippen LogP contribution < -0.4 is 5.32 Å². The van der Waals surface area contributed by atoms with Gasteiger partial charge in [-0.15, -0.1) is 0 Å². The van der Waals surface area contributed by atoms with E-state index in [-0.39, 0.29) is 17.3 Å². The summed E-state index contributed by atoms with van der Waals surface area (Å²) in [5, 5.41) is 23.8. The number of para-hydroxylation sites is 1. The molecule has 0 heterocycles. The summed E-state index contributed by atoms with van der Waals surface area (Å²) in [6, 6.07) is 4.34. The van der Waals surface area contributed by atoms with E-state index in [1.807, 2.05) is 0 Å². The molecular formula is C15H25BrN2O4Si. The van der Waals surface area contributed by atoms with Crippen LogP contribution in [0.15, 0.2) is 22.7 Å². The molecule has 0 radical (unpaired) electrons. The van der Waals surface area contributed by atoms with Gasteiger partial charge in [0.05, 0.1) is 24.2 Å². The number of nitrogens with zero attached hydrogens (tertiary/aromatic N) is 1. The van der Waals surface area contributed by atoms with Crippen LogP contribution in [0.1, 0.15) is 20.8 Å². The molecule has 0 aliphatic carbocycles. The van der Waals surface area contributed by atoms with E-state index in [1.54, 1.807) is 12.1 Å². The van der Waals surface area contributed by atoms with E-state index in [9.17, 15) is 15.2 Å². The Hall–Kier alpha value is -0.963. The Morgan fingerprint density at radius 2 is 2.04 bits per heavy atom. The van der Waals surface area contributed by atoms with Crippen LogP contribution in [-0.2, 0) is 4.43 Å². The molecule has 0 amide bonds. The van der Waals surface area contributed by atoms with Gasteiger partial charge in [-0.05, 0) is 40.1 Å². The number of aliphatic hydroxyl groups excluding tert-OH is 1. The maximum Gasteiger partial charge on any atom is 0.293 e. The number of nitro benzene ring substituents is 1. The maximum atomic E-state index is 11.2. The summed E-state index contributed by atoms with van der Waals surface area (Å²) in [5.41, 5.74) is 0.320. The predicted octanol–water partition coefficient (Wildman–Crippen LogP) is 4.15. The largest absolute Gasteiger partial charge is 0.415 e. The fourth-order valence-corrected chi connectivity index (χ4v) is 3.20. The maximum absolute atomic E-state index is 11.2. The average molecular weight is 405 g/mol. The van der Waals surface area contributed by atoms with Gasteiger partial charge in [-0.3, -0.25) is 10.1 Å². The van der Waals surface area contributed by atoms with Gasteiger partial charge in [-0.2, -0.15) is 0 Å². The van der Waals surface area contributed by atoms with Gasteiger partial charge >= 0.3 is 0 Å². The highest BCUT2D eigenvalue weighted by Crippen LogP contribution is 2.37. The first-order valence-electron chi connectivity index (χ1n) is 7.44. The Morgan fingerprint density at radius 3 is 2.52 bits per heavy atom. The standard InChI is InChI=1S/C15H25BrN2O4Si/c1-15(2,3)23(4,5)22-10-11(9-19)17-14-12(16)7-6-8-13(14)18(20)21/h6-8,11,17,19H,9-10H2,1-5H3/t11-/m1/s1. The Labute approximate surface area is 146 Å². The summed E-state index contributed by atoms with van der Waals surface area (Å²) in [7, 11) is -1.95. The van der Waals surface area contributed by atoms with Gasteiger partial charge in [0.2, 0.25) is 0 Å². The Kier molecular flexibility index (Phi) is 6.76. The minimum Gasteiger partial charge on any atom is -0.415 e. The number of nitro groups is 1. The van der Waals surface area contributed by atoms with Crippen molar-refractivity contribution >= 4 is 35.6 Å². The van der Waals surface area contributed by atoms with Crippen molar-refractivity contribution in [1.82, 2.24) is 0 Å². The van der Waals surface area contributed by atoms with Crippen LogP contribution in [0, 0.1) is 10.1 Å². The van der Waals surface area contributed by atoms with Crippen LogP contribution in [0.4, 0.5) is 11.4 Å². The molecule has 0 spiro atoms. The van der Waals surface area contributed by atoms with Crippen LogP contribution in [0.2, 0.25) is 18.1 Å². The number of nitrogens with one attached hydrogen (secondary N) is 1. The molecule has 0 aromatic heterocycles. The summed E-state index contributed by atoms with van der Waals surface area (Å²) in [6.07, 6.45) is 0. The first kappa shape index (κ1) is 20.1. The minimum atomic E-state index is -1.95. The zero-order valence-corrected chi connectivity index (χ0v) is 16.8. The molecule has 130 valence electrons. The normalized spacial score (nSPS) is 13.7. The van der Waals surface area contributed by atoms with Gasteiger partial charge in [0.1, 0.15) is 5.69 Å². The first-order valence-corrected chi connectivity index (χ1v) is 11.1. The highest BCUT2D eigenvalue weighted by Gasteiger charge is 2.37. The summed E-state index contributed by atoms with van der Waals surface area (Å²) in [4.78, 5) is 10.7. The van der Waals surface area contributed by atoms with Gasteiger partial charge in [-0.25, -0.2) is 0 Å². The third kappa shape index (κ3) is 5.27. The van der Waals surface area contributed by atoms with E-state index in [2.05, 4.69) is 55.1 Å². The first-order chi connectivity index (χ1) is 10.5. The van der Waals surface area contributed by atoms with Gasteiger partial charge in [0, 0.05) is 10.5 Å². The highest BCUT2D eigenvalue weighted by molar-refractivity contribution is 9.10. The van der Waals surface area contributed by atoms with Crippen LogP contribution in [0.3, 0.4) is 0 Å². The molecule has 0 saturated carbocycles. The van der Waals surface area contributed by atoms with Gasteiger partial charge in [-0.1, -0.05) is 26.8 Å². The van der Waals surface area contributed by atoms with Crippen LogP contribution in [0.5, 0.6) is 0 Å². The fraction of sp³-hybridized carbons (Fsp3) is 0.600. The van der Waals surface area contributed by atoms with Crippen molar-refractivity contribution in [3.8, 4) is 0 Å². The van der Waals surface area contributed by atoms with Crippen molar-refractivity contribution in [3.63, 3.8) is 0 Å². The third-order valence-corrected chi connectivity index (χ3v) is 9.37. The summed E-state index contributed by atoms with van der Waals surface area (Å²) < 4.78 is 6.67. The van der Waals surface area contributed by atoms with Crippen molar-refractivity contribution in [1.29, 1.82) is 0 Å². The molecule has 0 aliphatic rings. The topological polar surface area (TPSA) is 84.6 Å². The molecule has 0 aliphatic heterocycles. The van der Waals surface area contributed by atoms with Gasteiger partial charge in [0.15, 0.2) is 8.32 Å². The number of rotatable bonds is 7. The third-order valence-electron chi connectivity index (χ3n) is 4.21. The van der Waals surface area contributed by atoms with E-state index in [4.69, 9.17) is 4.43 Å². The Morgan fingerprint density at radius 1 is 1.43 bits per heavy atom. The van der Waals surface area contributed by atoms with Crippen LogP contribution in [0.25, 0.3) is 0 Å². The number of benzene rings is 1. The summed E-state index contributed by atoms with van der Waals surface area (Å²) >= 11 is 3.31. The van der Waals surface area contributed by atoms with Gasteiger partial charge < -0.3 is 14.8 Å². The molecule has 23 heavy (non-hydrogen) atoms. The van der Waals surface area contributed by atoms with Crippen molar-refractivity contribution in [2.24, 2.45) is 0 Å². The average Bonchev–Trinajstić information content (AvgIpc) is 2.43. The SMILES string of the molecule is CC(C)(C)[Si](C)(C)OC[C@@H](CO)Nc1c(Br)cccc1[N+](=O)[O-]. The van der Waals surface area contributed by atoms with E-state index < -0.39 is 19.3 Å². The number of hydrogen-bond donors (Lipinski definition) is 2. The fourth-order valence-electron chi connectivity index (χ4n) is 1.68. The van der Waals surface area contributed by atoms with E-state index in [0.717, 1.165) is 0 Å². The zero-order chi connectivity index (χ0) is 17.8. The predicted molar refractivity (Wildman–Crippen MR) is 98.4 cm³/mol. The molecule has 1 aromatic rings. The lowest BCUT2D eigenvalue weighted by atomic mass is 10.2. The number of halogens is 1. The Bertz CT molecular complexity index is 561.